The molecule has 2 N–H and O–H groups in total. The van der Waals surface area contributed by atoms with Crippen LogP contribution in [0.2, 0.25) is 0 Å². The average Bonchev–Trinajstić information content (AvgIpc) is 2.93. The lowest BCUT2D eigenvalue weighted by Gasteiger charge is -2.08. The van der Waals surface area contributed by atoms with Gasteiger partial charge in [0.1, 0.15) is 0 Å². The van der Waals surface area contributed by atoms with Crippen LogP contribution in [0.5, 0.6) is 0 Å². The molecule has 0 radical (unpaired) electrons. The third-order valence-electron chi connectivity index (χ3n) is 3.80. The van der Waals surface area contributed by atoms with Crippen LogP contribution in [0.4, 0.5) is 0 Å². The van der Waals surface area contributed by atoms with Crippen molar-refractivity contribution in [2.24, 2.45) is 5.73 Å². The number of benzene rings is 2. The first-order valence-corrected chi connectivity index (χ1v) is 7.87. The fourth-order valence-electron chi connectivity index (χ4n) is 2.70. The van der Waals surface area contributed by atoms with Crippen LogP contribution >= 0.6 is 11.8 Å². The molecule has 0 fully saturated rings. The number of hydrogen-bond donors (Lipinski definition) is 1. The van der Waals surface area contributed by atoms with E-state index in [0.717, 1.165) is 5.75 Å². The highest BCUT2D eigenvalue weighted by Crippen LogP contribution is 2.29. The molecule has 0 unspecified atom stereocenters. The molecule has 0 amide bonds. The van der Waals surface area contributed by atoms with Gasteiger partial charge in [0, 0.05) is 17.2 Å². The highest BCUT2D eigenvalue weighted by Gasteiger charge is 2.11. The lowest BCUT2D eigenvalue weighted by molar-refractivity contribution is 0.911. The first-order valence-electron chi connectivity index (χ1n) is 6.88. The molecule has 1 aliphatic carbocycles. The summed E-state index contributed by atoms with van der Waals surface area (Å²) in [6.45, 7) is 0.626. The van der Waals surface area contributed by atoms with E-state index in [1.807, 2.05) is 11.8 Å². The summed E-state index contributed by atoms with van der Waals surface area (Å²) < 4.78 is 0. The predicted molar refractivity (Wildman–Crippen MR) is 82.4 cm³/mol. The second-order valence-electron chi connectivity index (χ2n) is 5.05. The van der Waals surface area contributed by atoms with E-state index in [1.54, 1.807) is 11.1 Å². The number of rotatable bonds is 4. The van der Waals surface area contributed by atoms with E-state index in [0.29, 0.717) is 6.54 Å². The van der Waals surface area contributed by atoms with Gasteiger partial charge in [0.25, 0.3) is 0 Å². The van der Waals surface area contributed by atoms with Crippen LogP contribution in [-0.2, 0) is 25.1 Å². The Morgan fingerprint density at radius 3 is 2.58 bits per heavy atom. The van der Waals surface area contributed by atoms with Crippen molar-refractivity contribution in [2.75, 3.05) is 0 Å². The predicted octanol–water partition coefficient (Wildman–Crippen LogP) is 3.93. The third kappa shape index (κ3) is 2.85. The molecule has 98 valence electrons. The minimum absolute atomic E-state index is 0.626. The zero-order valence-electron chi connectivity index (χ0n) is 11.1. The fourth-order valence-corrected chi connectivity index (χ4v) is 3.69. The molecule has 0 heterocycles. The molecule has 0 atom stereocenters. The van der Waals surface area contributed by atoms with Gasteiger partial charge in [-0.15, -0.1) is 11.8 Å². The van der Waals surface area contributed by atoms with E-state index in [-0.39, 0.29) is 0 Å². The Morgan fingerprint density at radius 1 is 0.947 bits per heavy atom. The SMILES string of the molecule is NCc1ccccc1CSc1ccc2c(c1)CCC2. The van der Waals surface area contributed by atoms with Crippen molar-refractivity contribution in [2.45, 2.75) is 36.5 Å². The van der Waals surface area contributed by atoms with Crippen LogP contribution in [0.15, 0.2) is 47.4 Å². The molecule has 0 bridgehead atoms. The molecule has 0 saturated carbocycles. The van der Waals surface area contributed by atoms with E-state index in [1.165, 1.54) is 35.3 Å². The van der Waals surface area contributed by atoms with Crippen LogP contribution in [0.3, 0.4) is 0 Å². The molecule has 0 aromatic heterocycles. The fraction of sp³-hybridized carbons (Fsp3) is 0.294. The molecule has 0 spiro atoms. The Bertz CT molecular complexity index is 577. The summed E-state index contributed by atoms with van der Waals surface area (Å²) in [5, 5.41) is 0. The highest BCUT2D eigenvalue weighted by molar-refractivity contribution is 7.98. The van der Waals surface area contributed by atoms with Gasteiger partial charge < -0.3 is 5.73 Å². The van der Waals surface area contributed by atoms with Crippen LogP contribution in [0.1, 0.15) is 28.7 Å². The average molecular weight is 269 g/mol. The second kappa shape index (κ2) is 5.81. The van der Waals surface area contributed by atoms with Gasteiger partial charge in [-0.25, -0.2) is 0 Å². The summed E-state index contributed by atoms with van der Waals surface area (Å²) >= 11 is 1.91. The van der Waals surface area contributed by atoms with Crippen LogP contribution in [0.25, 0.3) is 0 Å². The van der Waals surface area contributed by atoms with Gasteiger partial charge in [-0.05, 0) is 53.6 Å². The van der Waals surface area contributed by atoms with E-state index in [9.17, 15) is 0 Å². The van der Waals surface area contributed by atoms with Gasteiger partial charge in [0.15, 0.2) is 0 Å². The third-order valence-corrected chi connectivity index (χ3v) is 4.85. The summed E-state index contributed by atoms with van der Waals surface area (Å²) in [7, 11) is 0. The van der Waals surface area contributed by atoms with Crippen LogP contribution in [-0.4, -0.2) is 0 Å². The van der Waals surface area contributed by atoms with Crippen molar-refractivity contribution in [1.29, 1.82) is 0 Å². The highest BCUT2D eigenvalue weighted by atomic mass is 32.2. The summed E-state index contributed by atoms with van der Waals surface area (Å²) in [4.78, 5) is 1.38. The number of fused-ring (bicyclic) bond motifs is 1. The molecule has 1 aliphatic rings. The van der Waals surface area contributed by atoms with Gasteiger partial charge in [0.2, 0.25) is 0 Å². The molecule has 0 aliphatic heterocycles. The molecular formula is C17H19NS. The van der Waals surface area contributed by atoms with Crippen molar-refractivity contribution in [3.8, 4) is 0 Å². The topological polar surface area (TPSA) is 26.0 Å². The molecule has 3 rings (SSSR count). The Morgan fingerprint density at radius 2 is 1.74 bits per heavy atom. The number of aryl methyl sites for hydroxylation is 2. The van der Waals surface area contributed by atoms with Gasteiger partial charge in [0.05, 0.1) is 0 Å². The van der Waals surface area contributed by atoms with Gasteiger partial charge >= 0.3 is 0 Å². The molecule has 2 aromatic carbocycles. The molecule has 2 heteroatoms. The molecule has 2 aromatic rings. The lowest BCUT2D eigenvalue weighted by atomic mass is 10.1. The summed E-state index contributed by atoms with van der Waals surface area (Å²) in [5.41, 5.74) is 11.5. The number of hydrogen-bond acceptors (Lipinski definition) is 2. The van der Waals surface area contributed by atoms with E-state index in [4.69, 9.17) is 5.73 Å². The first-order chi connectivity index (χ1) is 9.36. The maximum absolute atomic E-state index is 5.78. The zero-order valence-corrected chi connectivity index (χ0v) is 11.9. The smallest absolute Gasteiger partial charge is 0.0235 e. The van der Waals surface area contributed by atoms with Crippen molar-refractivity contribution < 1.29 is 0 Å². The Hall–Kier alpha value is -1.25. The minimum Gasteiger partial charge on any atom is -0.326 e. The molecule has 0 saturated heterocycles. The van der Waals surface area contributed by atoms with Crippen molar-refractivity contribution >= 4 is 11.8 Å². The summed E-state index contributed by atoms with van der Waals surface area (Å²) in [6, 6.07) is 15.4. The molecular weight excluding hydrogens is 250 g/mol. The van der Waals surface area contributed by atoms with Crippen molar-refractivity contribution in [3.05, 3.63) is 64.7 Å². The lowest BCUT2D eigenvalue weighted by Crippen LogP contribution is -2.00. The Balaban J connectivity index is 1.72. The maximum Gasteiger partial charge on any atom is 0.0235 e. The normalized spacial score (nSPS) is 13.5. The van der Waals surface area contributed by atoms with Gasteiger partial charge in [-0.3, -0.25) is 0 Å². The Kier molecular flexibility index (Phi) is 3.90. The van der Waals surface area contributed by atoms with Crippen LogP contribution < -0.4 is 5.73 Å². The van der Waals surface area contributed by atoms with Crippen LogP contribution in [0, 0.1) is 0 Å². The Labute approximate surface area is 119 Å². The standard InChI is InChI=1S/C17H19NS/c18-11-15-4-1-2-5-16(15)12-19-17-9-8-13-6-3-7-14(13)10-17/h1-2,4-5,8-10H,3,6-7,11-12,18H2. The zero-order chi connectivity index (χ0) is 13.1. The van der Waals surface area contributed by atoms with Crippen molar-refractivity contribution in [3.63, 3.8) is 0 Å². The van der Waals surface area contributed by atoms with E-state index < -0.39 is 0 Å². The number of thioether (sulfide) groups is 1. The van der Waals surface area contributed by atoms with Crippen molar-refractivity contribution in [1.82, 2.24) is 0 Å². The largest absolute Gasteiger partial charge is 0.326 e. The second-order valence-corrected chi connectivity index (χ2v) is 6.09. The van der Waals surface area contributed by atoms with E-state index >= 15 is 0 Å². The summed E-state index contributed by atoms with van der Waals surface area (Å²) in [6.07, 6.45) is 3.83. The quantitative estimate of drug-likeness (QED) is 0.851. The van der Waals surface area contributed by atoms with Gasteiger partial charge in [-0.2, -0.15) is 0 Å². The summed E-state index contributed by atoms with van der Waals surface area (Å²) in [5.74, 6) is 1.01. The minimum atomic E-state index is 0.626. The molecule has 19 heavy (non-hydrogen) atoms. The number of nitrogens with two attached hydrogens (primary N) is 1. The maximum atomic E-state index is 5.78. The van der Waals surface area contributed by atoms with E-state index in [2.05, 4.69) is 42.5 Å². The monoisotopic (exact) mass is 269 g/mol. The molecule has 1 nitrogen and oxygen atoms in total. The first kappa shape index (κ1) is 12.8. The van der Waals surface area contributed by atoms with Gasteiger partial charge in [-0.1, -0.05) is 30.3 Å².